The summed E-state index contributed by atoms with van der Waals surface area (Å²) in [4.78, 5) is 0. The second-order valence-corrected chi connectivity index (χ2v) is 3.58. The van der Waals surface area contributed by atoms with Gasteiger partial charge in [0.15, 0.2) is 0 Å². The summed E-state index contributed by atoms with van der Waals surface area (Å²) in [6, 6.07) is 0. The van der Waals surface area contributed by atoms with Crippen molar-refractivity contribution in [3.63, 3.8) is 0 Å². The molecule has 0 saturated carbocycles. The highest BCUT2D eigenvalue weighted by Crippen LogP contribution is 2.21. The molecule has 0 spiro atoms. The Morgan fingerprint density at radius 1 is 1.30 bits per heavy atom. The fourth-order valence-electron chi connectivity index (χ4n) is 0.420. The number of hydrogen-bond acceptors (Lipinski definition) is 2. The van der Waals surface area contributed by atoms with Gasteiger partial charge in [0, 0.05) is 7.11 Å². The fourth-order valence-corrected chi connectivity index (χ4v) is 0.420. The van der Waals surface area contributed by atoms with Gasteiger partial charge >= 0.3 is 0 Å². The summed E-state index contributed by atoms with van der Waals surface area (Å²) in [7, 11) is 1.63. The van der Waals surface area contributed by atoms with Gasteiger partial charge in [0.05, 0.1) is 6.10 Å². The van der Waals surface area contributed by atoms with E-state index in [-0.39, 0.29) is 11.5 Å². The van der Waals surface area contributed by atoms with Crippen LogP contribution in [0.2, 0.25) is 0 Å². The molecule has 1 atom stereocenters. The second kappa shape index (κ2) is 3.94. The minimum Gasteiger partial charge on any atom is -0.359 e. The van der Waals surface area contributed by atoms with Crippen LogP contribution in [0.4, 0.5) is 0 Å². The van der Waals surface area contributed by atoms with Gasteiger partial charge in [-0.2, -0.15) is 0 Å². The van der Waals surface area contributed by atoms with Crippen LogP contribution in [0, 0.1) is 5.41 Å². The van der Waals surface area contributed by atoms with Crippen LogP contribution in [0.3, 0.4) is 0 Å². The van der Waals surface area contributed by atoms with Crippen molar-refractivity contribution in [3.8, 4) is 0 Å². The van der Waals surface area contributed by atoms with Gasteiger partial charge in [0.25, 0.3) is 0 Å². The van der Waals surface area contributed by atoms with Crippen molar-refractivity contribution >= 4 is 0 Å². The molecule has 2 nitrogen and oxygen atoms in total. The lowest BCUT2D eigenvalue weighted by molar-refractivity contribution is -0.0991. The van der Waals surface area contributed by atoms with Gasteiger partial charge in [-0.05, 0) is 12.3 Å². The van der Waals surface area contributed by atoms with E-state index in [4.69, 9.17) is 9.47 Å². The molecule has 10 heavy (non-hydrogen) atoms. The van der Waals surface area contributed by atoms with E-state index in [1.54, 1.807) is 7.11 Å². The molecule has 0 radical (unpaired) electrons. The summed E-state index contributed by atoms with van der Waals surface area (Å²) >= 11 is 0. The zero-order valence-corrected chi connectivity index (χ0v) is 7.60. The molecule has 0 rings (SSSR count). The van der Waals surface area contributed by atoms with Crippen molar-refractivity contribution in [3.05, 3.63) is 0 Å². The molecule has 1 unspecified atom stereocenters. The van der Waals surface area contributed by atoms with E-state index in [2.05, 4.69) is 27.7 Å². The SMILES string of the molecule is COCOC(C)C(C)(C)C. The number of rotatable bonds is 3. The van der Waals surface area contributed by atoms with Gasteiger partial charge in [0.1, 0.15) is 6.79 Å². The third-order valence-electron chi connectivity index (χ3n) is 1.66. The van der Waals surface area contributed by atoms with Crippen LogP contribution in [0.15, 0.2) is 0 Å². The van der Waals surface area contributed by atoms with Gasteiger partial charge in [-0.15, -0.1) is 0 Å². The van der Waals surface area contributed by atoms with Crippen molar-refractivity contribution in [2.45, 2.75) is 33.8 Å². The van der Waals surface area contributed by atoms with Crippen molar-refractivity contribution in [2.75, 3.05) is 13.9 Å². The van der Waals surface area contributed by atoms with Gasteiger partial charge in [0.2, 0.25) is 0 Å². The maximum absolute atomic E-state index is 5.33. The third-order valence-corrected chi connectivity index (χ3v) is 1.66. The summed E-state index contributed by atoms with van der Waals surface area (Å²) < 4.78 is 10.1. The number of methoxy groups -OCH3 is 1. The van der Waals surface area contributed by atoms with Crippen LogP contribution in [0.25, 0.3) is 0 Å². The maximum atomic E-state index is 5.33. The Bertz CT molecular complexity index is 83.7. The van der Waals surface area contributed by atoms with Gasteiger partial charge in [-0.1, -0.05) is 20.8 Å². The Labute approximate surface area is 63.5 Å². The molecular weight excluding hydrogens is 128 g/mol. The monoisotopic (exact) mass is 146 g/mol. The largest absolute Gasteiger partial charge is 0.359 e. The van der Waals surface area contributed by atoms with Gasteiger partial charge in [-0.25, -0.2) is 0 Å². The minimum absolute atomic E-state index is 0.207. The first-order valence-electron chi connectivity index (χ1n) is 3.59. The fraction of sp³-hybridized carbons (Fsp3) is 1.00. The lowest BCUT2D eigenvalue weighted by atomic mass is 9.90. The standard InChI is InChI=1S/C8H18O2/c1-7(8(2,3)4)10-6-9-5/h7H,6H2,1-5H3. The second-order valence-electron chi connectivity index (χ2n) is 3.58. The van der Waals surface area contributed by atoms with Crippen molar-refractivity contribution in [1.29, 1.82) is 0 Å². The minimum atomic E-state index is 0.207. The first kappa shape index (κ1) is 9.92. The van der Waals surface area contributed by atoms with E-state index in [0.717, 1.165) is 0 Å². The molecule has 0 bridgehead atoms. The molecule has 0 aromatic rings. The van der Waals surface area contributed by atoms with E-state index in [1.165, 1.54) is 0 Å². The zero-order chi connectivity index (χ0) is 8.20. The normalized spacial score (nSPS) is 15.3. The summed E-state index contributed by atoms with van der Waals surface area (Å²) in [6.07, 6.45) is 0.243. The highest BCUT2D eigenvalue weighted by molar-refractivity contribution is 4.68. The van der Waals surface area contributed by atoms with Crippen LogP contribution >= 0.6 is 0 Å². The molecule has 0 N–H and O–H groups in total. The number of hydrogen-bond donors (Lipinski definition) is 0. The highest BCUT2D eigenvalue weighted by atomic mass is 16.7. The molecular formula is C8H18O2. The topological polar surface area (TPSA) is 18.5 Å². The van der Waals surface area contributed by atoms with E-state index in [1.807, 2.05) is 0 Å². The quantitative estimate of drug-likeness (QED) is 0.567. The van der Waals surface area contributed by atoms with Crippen molar-refractivity contribution < 1.29 is 9.47 Å². The smallest absolute Gasteiger partial charge is 0.146 e. The van der Waals surface area contributed by atoms with Crippen molar-refractivity contribution in [2.24, 2.45) is 5.41 Å². The van der Waals surface area contributed by atoms with Crippen molar-refractivity contribution in [1.82, 2.24) is 0 Å². The molecule has 0 aromatic carbocycles. The molecule has 0 aliphatic carbocycles. The van der Waals surface area contributed by atoms with E-state index >= 15 is 0 Å². The van der Waals surface area contributed by atoms with Crippen LogP contribution in [-0.2, 0) is 9.47 Å². The average Bonchev–Trinajstić information content (AvgIpc) is 1.80. The predicted octanol–water partition coefficient (Wildman–Crippen LogP) is 2.04. The van der Waals surface area contributed by atoms with Crippen LogP contribution < -0.4 is 0 Å². The van der Waals surface area contributed by atoms with Crippen LogP contribution in [-0.4, -0.2) is 20.0 Å². The molecule has 0 aliphatic heterocycles. The Morgan fingerprint density at radius 3 is 2.10 bits per heavy atom. The summed E-state index contributed by atoms with van der Waals surface area (Å²) in [5, 5.41) is 0. The van der Waals surface area contributed by atoms with E-state index < -0.39 is 0 Å². The summed E-state index contributed by atoms with van der Waals surface area (Å²) in [6.45, 7) is 8.88. The molecule has 0 fully saturated rings. The van der Waals surface area contributed by atoms with Gasteiger partial charge < -0.3 is 9.47 Å². The maximum Gasteiger partial charge on any atom is 0.146 e. The first-order valence-corrected chi connectivity index (χ1v) is 3.59. The van der Waals surface area contributed by atoms with Gasteiger partial charge in [-0.3, -0.25) is 0 Å². The molecule has 0 heterocycles. The Kier molecular flexibility index (Phi) is 3.91. The summed E-state index contributed by atoms with van der Waals surface area (Å²) in [5.74, 6) is 0. The zero-order valence-electron chi connectivity index (χ0n) is 7.60. The average molecular weight is 146 g/mol. The molecule has 0 saturated heterocycles. The summed E-state index contributed by atoms with van der Waals surface area (Å²) in [5.41, 5.74) is 0.207. The lowest BCUT2D eigenvalue weighted by Gasteiger charge is -2.26. The molecule has 62 valence electrons. The first-order chi connectivity index (χ1) is 4.48. The Hall–Kier alpha value is -0.0800. The third kappa shape index (κ3) is 3.85. The highest BCUT2D eigenvalue weighted by Gasteiger charge is 2.19. The predicted molar refractivity (Wildman–Crippen MR) is 41.9 cm³/mol. The molecule has 0 aliphatic rings. The number of ether oxygens (including phenoxy) is 2. The van der Waals surface area contributed by atoms with Crippen LogP contribution in [0.5, 0.6) is 0 Å². The molecule has 0 aromatic heterocycles. The molecule has 0 amide bonds. The van der Waals surface area contributed by atoms with E-state index in [0.29, 0.717) is 6.79 Å². The Balaban J connectivity index is 3.52. The van der Waals surface area contributed by atoms with E-state index in [9.17, 15) is 0 Å². The molecule has 2 heteroatoms. The lowest BCUT2D eigenvalue weighted by Crippen LogP contribution is -2.26. The Morgan fingerprint density at radius 2 is 1.80 bits per heavy atom. The van der Waals surface area contributed by atoms with Crippen LogP contribution in [0.1, 0.15) is 27.7 Å².